The molecule has 1 aliphatic carbocycles. The topological polar surface area (TPSA) is 63.4 Å². The fourth-order valence-corrected chi connectivity index (χ4v) is 2.29. The quantitative estimate of drug-likeness (QED) is 0.622. The van der Waals surface area contributed by atoms with E-state index in [9.17, 15) is 10.1 Å². The largest absolute Gasteiger partial charge is 0.396 e. The average molecular weight is 221 g/mol. The second-order valence-corrected chi connectivity index (χ2v) is 4.39. The van der Waals surface area contributed by atoms with E-state index in [2.05, 4.69) is 0 Å². The first-order chi connectivity index (χ1) is 7.69. The summed E-state index contributed by atoms with van der Waals surface area (Å²) >= 11 is 0. The van der Waals surface area contributed by atoms with Crippen LogP contribution in [0.5, 0.6) is 0 Å². The highest BCUT2D eigenvalue weighted by atomic mass is 16.6. The summed E-state index contributed by atoms with van der Waals surface area (Å²) in [5, 5.41) is 19.5. The van der Waals surface area contributed by atoms with Gasteiger partial charge >= 0.3 is 0 Å². The van der Waals surface area contributed by atoms with Crippen LogP contribution in [0.15, 0.2) is 18.2 Å². The molecule has 1 aromatic rings. The van der Waals surface area contributed by atoms with Gasteiger partial charge in [0, 0.05) is 17.1 Å². The van der Waals surface area contributed by atoms with Crippen LogP contribution in [0.2, 0.25) is 0 Å². The Bertz CT molecular complexity index is 403. The SMILES string of the molecule is O=[N+]([O-])Cc1ccc2c(c1)C[C@@H](CO)CC2. The molecule has 0 bridgehead atoms. The van der Waals surface area contributed by atoms with Crippen molar-refractivity contribution in [3.63, 3.8) is 0 Å². The molecule has 86 valence electrons. The molecule has 1 aromatic carbocycles. The van der Waals surface area contributed by atoms with E-state index in [1.54, 1.807) is 0 Å². The Kier molecular flexibility index (Phi) is 3.19. The van der Waals surface area contributed by atoms with Gasteiger partial charge in [0.2, 0.25) is 6.54 Å². The number of nitro groups is 1. The molecular formula is C12H15NO3. The predicted molar refractivity (Wildman–Crippen MR) is 59.7 cm³/mol. The Labute approximate surface area is 94.1 Å². The van der Waals surface area contributed by atoms with Gasteiger partial charge in [-0.25, -0.2) is 0 Å². The van der Waals surface area contributed by atoms with E-state index in [0.29, 0.717) is 5.92 Å². The zero-order valence-electron chi connectivity index (χ0n) is 9.06. The van der Waals surface area contributed by atoms with Gasteiger partial charge < -0.3 is 5.11 Å². The molecule has 2 rings (SSSR count). The lowest BCUT2D eigenvalue weighted by Crippen LogP contribution is -2.17. The number of benzene rings is 1. The highest BCUT2D eigenvalue weighted by Gasteiger charge is 2.18. The molecule has 0 fully saturated rings. The van der Waals surface area contributed by atoms with Crippen LogP contribution in [0.25, 0.3) is 0 Å². The number of hydrogen-bond acceptors (Lipinski definition) is 3. The molecule has 4 nitrogen and oxygen atoms in total. The van der Waals surface area contributed by atoms with Crippen LogP contribution in [-0.4, -0.2) is 16.6 Å². The van der Waals surface area contributed by atoms with E-state index in [1.807, 2.05) is 18.2 Å². The van der Waals surface area contributed by atoms with Crippen molar-refractivity contribution in [1.29, 1.82) is 0 Å². The van der Waals surface area contributed by atoms with Crippen molar-refractivity contribution in [2.45, 2.75) is 25.8 Å². The fourth-order valence-electron chi connectivity index (χ4n) is 2.29. The molecule has 0 saturated heterocycles. The number of nitrogens with zero attached hydrogens (tertiary/aromatic N) is 1. The number of aryl methyl sites for hydroxylation is 1. The van der Waals surface area contributed by atoms with Gasteiger partial charge in [0.05, 0.1) is 0 Å². The van der Waals surface area contributed by atoms with E-state index in [1.165, 1.54) is 11.1 Å². The van der Waals surface area contributed by atoms with Crippen molar-refractivity contribution < 1.29 is 10.0 Å². The number of fused-ring (bicyclic) bond motifs is 1. The maximum absolute atomic E-state index is 10.4. The Hall–Kier alpha value is -1.42. The Morgan fingerprint density at radius 1 is 1.44 bits per heavy atom. The van der Waals surface area contributed by atoms with Crippen molar-refractivity contribution in [3.8, 4) is 0 Å². The zero-order chi connectivity index (χ0) is 11.5. The van der Waals surface area contributed by atoms with Crippen LogP contribution in [-0.2, 0) is 19.4 Å². The van der Waals surface area contributed by atoms with Crippen LogP contribution in [0, 0.1) is 16.0 Å². The van der Waals surface area contributed by atoms with Crippen LogP contribution in [0.4, 0.5) is 0 Å². The van der Waals surface area contributed by atoms with E-state index < -0.39 is 0 Å². The average Bonchev–Trinajstić information content (AvgIpc) is 2.27. The van der Waals surface area contributed by atoms with Crippen LogP contribution in [0.1, 0.15) is 23.1 Å². The van der Waals surface area contributed by atoms with E-state index in [4.69, 9.17) is 5.11 Å². The fraction of sp³-hybridized carbons (Fsp3) is 0.500. The normalized spacial score (nSPS) is 19.2. The Balaban J connectivity index is 2.20. The van der Waals surface area contributed by atoms with Crippen molar-refractivity contribution in [2.75, 3.05) is 6.61 Å². The lowest BCUT2D eigenvalue weighted by molar-refractivity contribution is -0.496. The molecule has 0 spiro atoms. The summed E-state index contributed by atoms with van der Waals surface area (Å²) in [6, 6.07) is 5.74. The van der Waals surface area contributed by atoms with Crippen molar-refractivity contribution >= 4 is 0 Å². The van der Waals surface area contributed by atoms with Gasteiger partial charge in [0.15, 0.2) is 0 Å². The van der Waals surface area contributed by atoms with Crippen LogP contribution in [0.3, 0.4) is 0 Å². The molecule has 0 amide bonds. The van der Waals surface area contributed by atoms with Gasteiger partial charge in [-0.15, -0.1) is 0 Å². The van der Waals surface area contributed by atoms with Crippen molar-refractivity contribution in [2.24, 2.45) is 5.92 Å². The smallest absolute Gasteiger partial charge is 0.228 e. The summed E-state index contributed by atoms with van der Waals surface area (Å²) in [7, 11) is 0. The lowest BCUT2D eigenvalue weighted by Gasteiger charge is -2.23. The first-order valence-electron chi connectivity index (χ1n) is 5.52. The van der Waals surface area contributed by atoms with Gasteiger partial charge in [-0.05, 0) is 42.4 Å². The standard InChI is InChI=1S/C12H15NO3/c14-8-10-2-4-11-3-1-9(7-13(15)16)5-12(11)6-10/h1,3,5,10,14H,2,4,6-8H2/t10-/m0/s1. The molecule has 1 atom stereocenters. The molecule has 0 aromatic heterocycles. The third kappa shape index (κ3) is 2.39. The van der Waals surface area contributed by atoms with Gasteiger partial charge in [0.1, 0.15) is 0 Å². The predicted octanol–water partition coefficient (Wildman–Crippen LogP) is 1.56. The lowest BCUT2D eigenvalue weighted by atomic mass is 9.83. The van der Waals surface area contributed by atoms with E-state index in [0.717, 1.165) is 24.8 Å². The molecule has 0 saturated carbocycles. The summed E-state index contributed by atoms with van der Waals surface area (Å²) in [4.78, 5) is 10.1. The number of aliphatic hydroxyl groups excluding tert-OH is 1. The van der Waals surface area contributed by atoms with Crippen molar-refractivity contribution in [1.82, 2.24) is 0 Å². The summed E-state index contributed by atoms with van der Waals surface area (Å²) in [6.07, 6.45) is 2.83. The minimum absolute atomic E-state index is 0.114. The van der Waals surface area contributed by atoms with Gasteiger partial charge in [-0.1, -0.05) is 12.1 Å². The second-order valence-electron chi connectivity index (χ2n) is 4.39. The number of rotatable bonds is 3. The van der Waals surface area contributed by atoms with Gasteiger partial charge in [-0.2, -0.15) is 0 Å². The Morgan fingerprint density at radius 3 is 2.94 bits per heavy atom. The molecule has 4 heteroatoms. The number of hydrogen-bond donors (Lipinski definition) is 1. The third-order valence-corrected chi connectivity index (χ3v) is 3.17. The maximum atomic E-state index is 10.4. The van der Waals surface area contributed by atoms with E-state index in [-0.39, 0.29) is 18.1 Å². The minimum atomic E-state index is -0.311. The third-order valence-electron chi connectivity index (χ3n) is 3.17. The monoisotopic (exact) mass is 221 g/mol. The summed E-state index contributed by atoms with van der Waals surface area (Å²) in [6.45, 7) is 0.0932. The molecule has 16 heavy (non-hydrogen) atoms. The highest BCUT2D eigenvalue weighted by Crippen LogP contribution is 2.26. The van der Waals surface area contributed by atoms with Crippen molar-refractivity contribution in [3.05, 3.63) is 45.0 Å². The molecule has 0 aliphatic heterocycles. The zero-order valence-corrected chi connectivity index (χ0v) is 9.06. The molecule has 0 unspecified atom stereocenters. The highest BCUT2D eigenvalue weighted by molar-refractivity contribution is 5.34. The maximum Gasteiger partial charge on any atom is 0.228 e. The van der Waals surface area contributed by atoms with Gasteiger partial charge in [-0.3, -0.25) is 10.1 Å². The minimum Gasteiger partial charge on any atom is -0.396 e. The first-order valence-corrected chi connectivity index (χ1v) is 5.52. The molecule has 0 radical (unpaired) electrons. The molecule has 1 aliphatic rings. The molecular weight excluding hydrogens is 206 g/mol. The van der Waals surface area contributed by atoms with Crippen LogP contribution >= 0.6 is 0 Å². The second kappa shape index (κ2) is 4.61. The summed E-state index contributed by atoms with van der Waals surface area (Å²) in [5.41, 5.74) is 3.20. The number of aliphatic hydroxyl groups is 1. The first kappa shape index (κ1) is 11.1. The Morgan fingerprint density at radius 2 is 2.25 bits per heavy atom. The summed E-state index contributed by atoms with van der Waals surface area (Å²) in [5.74, 6) is 0.318. The summed E-state index contributed by atoms with van der Waals surface area (Å²) < 4.78 is 0. The van der Waals surface area contributed by atoms with Crippen LogP contribution < -0.4 is 0 Å². The van der Waals surface area contributed by atoms with E-state index >= 15 is 0 Å². The molecule has 0 heterocycles. The molecule has 1 N–H and O–H groups in total. The van der Waals surface area contributed by atoms with Gasteiger partial charge in [0.25, 0.3) is 0 Å².